The van der Waals surface area contributed by atoms with Crippen LogP contribution < -0.4 is 10.1 Å². The minimum Gasteiger partial charge on any atom is -0.493 e. The van der Waals surface area contributed by atoms with Crippen LogP contribution in [0.5, 0.6) is 5.75 Å². The van der Waals surface area contributed by atoms with Crippen LogP contribution in [0.4, 0.5) is 0 Å². The lowest BCUT2D eigenvalue weighted by atomic mass is 10.1. The molecule has 18 heavy (non-hydrogen) atoms. The number of thiophene rings is 1. The Hall–Kier alpha value is -1.32. The standard InChI is InChI=1S/C15H19NOS/c1-12-5-3-6-13(11-16-2)15(12)17-9-8-14-7-4-10-18-14/h3-7,10,16H,8-9,11H2,1-2H3. The van der Waals surface area contributed by atoms with Crippen molar-refractivity contribution >= 4 is 11.3 Å². The minimum absolute atomic E-state index is 0.738. The van der Waals surface area contributed by atoms with Crippen molar-refractivity contribution in [2.75, 3.05) is 13.7 Å². The summed E-state index contributed by atoms with van der Waals surface area (Å²) in [7, 11) is 1.96. The van der Waals surface area contributed by atoms with Gasteiger partial charge in [0, 0.05) is 23.4 Å². The molecule has 0 unspecified atom stereocenters. The molecule has 96 valence electrons. The zero-order chi connectivity index (χ0) is 12.8. The van der Waals surface area contributed by atoms with Gasteiger partial charge < -0.3 is 10.1 Å². The molecule has 0 saturated heterocycles. The van der Waals surface area contributed by atoms with E-state index in [1.54, 1.807) is 11.3 Å². The van der Waals surface area contributed by atoms with Crippen molar-refractivity contribution in [3.8, 4) is 5.75 Å². The molecular weight excluding hydrogens is 242 g/mol. The lowest BCUT2D eigenvalue weighted by Gasteiger charge is -2.13. The summed E-state index contributed by atoms with van der Waals surface area (Å²) in [5.74, 6) is 1.03. The molecular formula is C15H19NOS. The Balaban J connectivity index is 1.99. The van der Waals surface area contributed by atoms with E-state index in [2.05, 4.69) is 48.0 Å². The van der Waals surface area contributed by atoms with Gasteiger partial charge in [-0.3, -0.25) is 0 Å². The third-order valence-corrected chi connectivity index (χ3v) is 3.77. The van der Waals surface area contributed by atoms with Crippen LogP contribution in [-0.4, -0.2) is 13.7 Å². The molecule has 2 nitrogen and oxygen atoms in total. The van der Waals surface area contributed by atoms with Crippen molar-refractivity contribution in [3.05, 3.63) is 51.7 Å². The number of hydrogen-bond acceptors (Lipinski definition) is 3. The first-order valence-electron chi connectivity index (χ1n) is 6.19. The third kappa shape index (κ3) is 3.34. The summed E-state index contributed by atoms with van der Waals surface area (Å²) in [6.07, 6.45) is 0.977. The first-order chi connectivity index (χ1) is 8.81. The molecule has 0 atom stereocenters. The van der Waals surface area contributed by atoms with Crippen LogP contribution in [0.25, 0.3) is 0 Å². The smallest absolute Gasteiger partial charge is 0.126 e. The molecule has 2 rings (SSSR count). The summed E-state index contributed by atoms with van der Waals surface area (Å²) >= 11 is 1.78. The average molecular weight is 261 g/mol. The van der Waals surface area contributed by atoms with Crippen molar-refractivity contribution in [2.24, 2.45) is 0 Å². The molecule has 1 aromatic heterocycles. The fourth-order valence-electron chi connectivity index (χ4n) is 1.96. The van der Waals surface area contributed by atoms with Crippen LogP contribution in [0.3, 0.4) is 0 Å². The van der Waals surface area contributed by atoms with Crippen LogP contribution in [0, 0.1) is 6.92 Å². The fraction of sp³-hybridized carbons (Fsp3) is 0.333. The highest BCUT2D eigenvalue weighted by molar-refractivity contribution is 7.09. The third-order valence-electron chi connectivity index (χ3n) is 2.84. The summed E-state index contributed by atoms with van der Waals surface area (Å²) in [6.45, 7) is 3.68. The molecule has 0 saturated carbocycles. The van der Waals surface area contributed by atoms with E-state index < -0.39 is 0 Å². The topological polar surface area (TPSA) is 21.3 Å². The number of para-hydroxylation sites is 1. The van der Waals surface area contributed by atoms with E-state index >= 15 is 0 Å². The Kier molecular flexibility index (Phi) is 4.79. The summed E-state index contributed by atoms with van der Waals surface area (Å²) in [5.41, 5.74) is 2.43. The second kappa shape index (κ2) is 6.57. The van der Waals surface area contributed by atoms with Gasteiger partial charge in [-0.1, -0.05) is 24.3 Å². The maximum atomic E-state index is 5.96. The average Bonchev–Trinajstić information content (AvgIpc) is 2.86. The fourth-order valence-corrected chi connectivity index (χ4v) is 2.65. The predicted octanol–water partition coefficient (Wildman–Crippen LogP) is 3.40. The summed E-state index contributed by atoms with van der Waals surface area (Å²) in [6, 6.07) is 10.5. The maximum absolute atomic E-state index is 5.96. The van der Waals surface area contributed by atoms with Gasteiger partial charge in [-0.2, -0.15) is 0 Å². The first-order valence-corrected chi connectivity index (χ1v) is 7.07. The molecule has 1 N–H and O–H groups in total. The quantitative estimate of drug-likeness (QED) is 0.860. The Labute approximate surface area is 113 Å². The molecule has 0 radical (unpaired) electrons. The molecule has 2 aromatic rings. The van der Waals surface area contributed by atoms with Crippen LogP contribution >= 0.6 is 11.3 Å². The van der Waals surface area contributed by atoms with Gasteiger partial charge in [0.15, 0.2) is 0 Å². The SMILES string of the molecule is CNCc1cccc(C)c1OCCc1cccs1. The largest absolute Gasteiger partial charge is 0.493 e. The number of benzene rings is 1. The molecule has 1 aromatic carbocycles. The van der Waals surface area contributed by atoms with Crippen LogP contribution in [0.15, 0.2) is 35.7 Å². The summed E-state index contributed by atoms with van der Waals surface area (Å²) in [4.78, 5) is 1.37. The van der Waals surface area contributed by atoms with Crippen LogP contribution in [0.2, 0.25) is 0 Å². The monoisotopic (exact) mass is 261 g/mol. The zero-order valence-electron chi connectivity index (χ0n) is 10.9. The van der Waals surface area contributed by atoms with Gasteiger partial charge in [0.2, 0.25) is 0 Å². The highest BCUT2D eigenvalue weighted by Gasteiger charge is 2.06. The highest BCUT2D eigenvalue weighted by Crippen LogP contribution is 2.23. The highest BCUT2D eigenvalue weighted by atomic mass is 32.1. The number of aryl methyl sites for hydroxylation is 1. The van der Waals surface area contributed by atoms with E-state index in [0.29, 0.717) is 0 Å². The van der Waals surface area contributed by atoms with E-state index in [0.717, 1.165) is 25.3 Å². The molecule has 0 aliphatic rings. The number of hydrogen-bond donors (Lipinski definition) is 1. The Morgan fingerprint density at radius 2 is 2.11 bits per heavy atom. The van der Waals surface area contributed by atoms with Gasteiger partial charge in [-0.15, -0.1) is 11.3 Å². The maximum Gasteiger partial charge on any atom is 0.126 e. The number of rotatable bonds is 6. The minimum atomic E-state index is 0.738. The Bertz CT molecular complexity index is 479. The van der Waals surface area contributed by atoms with E-state index in [1.807, 2.05) is 7.05 Å². The van der Waals surface area contributed by atoms with Gasteiger partial charge in [-0.25, -0.2) is 0 Å². The van der Waals surface area contributed by atoms with Gasteiger partial charge in [0.05, 0.1) is 6.61 Å². The first kappa shape index (κ1) is 13.1. The van der Waals surface area contributed by atoms with Crippen molar-refractivity contribution < 1.29 is 4.74 Å². The van der Waals surface area contributed by atoms with Crippen molar-refractivity contribution in [1.29, 1.82) is 0 Å². The van der Waals surface area contributed by atoms with E-state index in [9.17, 15) is 0 Å². The molecule has 0 amide bonds. The lowest BCUT2D eigenvalue weighted by Crippen LogP contribution is -2.09. The second-order valence-electron chi connectivity index (χ2n) is 4.27. The number of nitrogens with one attached hydrogen (secondary N) is 1. The van der Waals surface area contributed by atoms with Crippen LogP contribution in [0.1, 0.15) is 16.0 Å². The molecule has 0 fully saturated rings. The second-order valence-corrected chi connectivity index (χ2v) is 5.30. The van der Waals surface area contributed by atoms with Crippen molar-refractivity contribution in [3.63, 3.8) is 0 Å². The molecule has 1 heterocycles. The zero-order valence-corrected chi connectivity index (χ0v) is 11.7. The van der Waals surface area contributed by atoms with Gasteiger partial charge in [-0.05, 0) is 31.0 Å². The Morgan fingerprint density at radius 1 is 1.22 bits per heavy atom. The molecule has 0 aliphatic heterocycles. The lowest BCUT2D eigenvalue weighted by molar-refractivity contribution is 0.317. The van der Waals surface area contributed by atoms with Crippen LogP contribution in [-0.2, 0) is 13.0 Å². The normalized spacial score (nSPS) is 10.6. The Morgan fingerprint density at radius 3 is 2.83 bits per heavy atom. The van der Waals surface area contributed by atoms with Gasteiger partial charge in [0.1, 0.15) is 5.75 Å². The molecule has 3 heteroatoms. The van der Waals surface area contributed by atoms with Crippen molar-refractivity contribution in [1.82, 2.24) is 5.32 Å². The summed E-state index contributed by atoms with van der Waals surface area (Å²) < 4.78 is 5.96. The van der Waals surface area contributed by atoms with Gasteiger partial charge in [0.25, 0.3) is 0 Å². The van der Waals surface area contributed by atoms with Crippen molar-refractivity contribution in [2.45, 2.75) is 19.9 Å². The summed E-state index contributed by atoms with van der Waals surface area (Å²) in [5, 5.41) is 5.28. The molecule has 0 bridgehead atoms. The predicted molar refractivity (Wildman–Crippen MR) is 77.5 cm³/mol. The molecule has 0 spiro atoms. The molecule has 0 aliphatic carbocycles. The number of ether oxygens (including phenoxy) is 1. The van der Waals surface area contributed by atoms with E-state index in [4.69, 9.17) is 4.74 Å². The van der Waals surface area contributed by atoms with E-state index in [-0.39, 0.29) is 0 Å². The van der Waals surface area contributed by atoms with E-state index in [1.165, 1.54) is 16.0 Å². The van der Waals surface area contributed by atoms with Gasteiger partial charge >= 0.3 is 0 Å².